The van der Waals surface area contributed by atoms with Crippen molar-refractivity contribution in [3.63, 3.8) is 0 Å². The Morgan fingerprint density at radius 1 is 0.714 bits per heavy atom. The van der Waals surface area contributed by atoms with Crippen molar-refractivity contribution in [2.75, 3.05) is 23.7 Å². The molecule has 1 aliphatic rings. The van der Waals surface area contributed by atoms with Crippen molar-refractivity contribution < 1.29 is 9.59 Å². The van der Waals surface area contributed by atoms with Crippen LogP contribution in [0.3, 0.4) is 0 Å². The number of hydrogen-bond donors (Lipinski definition) is 1. The van der Waals surface area contributed by atoms with Crippen LogP contribution in [-0.4, -0.2) is 35.1 Å². The summed E-state index contributed by atoms with van der Waals surface area (Å²) in [5.74, 6) is -0.305. The Bertz CT molecular complexity index is 937. The van der Waals surface area contributed by atoms with Crippen LogP contribution in [0.5, 0.6) is 0 Å². The Labute approximate surface area is 220 Å². The molecule has 2 aromatic carbocycles. The summed E-state index contributed by atoms with van der Waals surface area (Å²) < 4.78 is 0. The maximum Gasteiger partial charge on any atom is 0.261 e. The SMILES string of the molecule is CCCCCCCCCCCCCCCCN1C(=O)c2cccc3c(NCCBr)ccc(c23)C1=O. The molecule has 3 rings (SSSR count). The molecule has 0 aliphatic carbocycles. The lowest BCUT2D eigenvalue weighted by Crippen LogP contribution is -2.40. The maximum absolute atomic E-state index is 13.2. The fourth-order valence-corrected chi connectivity index (χ4v) is 5.35. The minimum Gasteiger partial charge on any atom is -0.384 e. The number of alkyl halides is 1. The van der Waals surface area contributed by atoms with Gasteiger partial charge in [0.15, 0.2) is 0 Å². The smallest absolute Gasteiger partial charge is 0.261 e. The molecule has 0 saturated carbocycles. The number of carbonyl (C=O) groups excluding carboxylic acids is 2. The maximum atomic E-state index is 13.2. The Morgan fingerprint density at radius 2 is 1.26 bits per heavy atom. The molecule has 2 aromatic rings. The molecule has 0 unspecified atom stereocenters. The van der Waals surface area contributed by atoms with E-state index >= 15 is 0 Å². The number of benzene rings is 2. The zero-order valence-corrected chi connectivity index (χ0v) is 23.1. The van der Waals surface area contributed by atoms with Crippen molar-refractivity contribution in [2.24, 2.45) is 0 Å². The number of nitrogens with zero attached hydrogens (tertiary/aromatic N) is 1. The van der Waals surface area contributed by atoms with E-state index in [1.54, 1.807) is 0 Å². The van der Waals surface area contributed by atoms with Gasteiger partial charge in [0.2, 0.25) is 0 Å². The van der Waals surface area contributed by atoms with E-state index in [-0.39, 0.29) is 11.8 Å². The van der Waals surface area contributed by atoms with Gasteiger partial charge in [0.25, 0.3) is 11.8 Å². The first-order valence-corrected chi connectivity index (χ1v) is 15.0. The first-order chi connectivity index (χ1) is 17.2. The number of hydrogen-bond acceptors (Lipinski definition) is 3. The van der Waals surface area contributed by atoms with Gasteiger partial charge in [-0.15, -0.1) is 0 Å². The first-order valence-electron chi connectivity index (χ1n) is 13.9. The third-order valence-electron chi connectivity index (χ3n) is 7.14. The highest BCUT2D eigenvalue weighted by atomic mass is 79.9. The lowest BCUT2D eigenvalue weighted by atomic mass is 9.93. The van der Waals surface area contributed by atoms with Crippen molar-refractivity contribution >= 4 is 44.2 Å². The molecule has 0 saturated heterocycles. The molecular formula is C30H43BrN2O2. The average molecular weight is 544 g/mol. The molecule has 4 nitrogen and oxygen atoms in total. The lowest BCUT2D eigenvalue weighted by Gasteiger charge is -2.28. The van der Waals surface area contributed by atoms with Crippen LogP contribution < -0.4 is 5.32 Å². The summed E-state index contributed by atoms with van der Waals surface area (Å²) in [5, 5.41) is 5.95. The summed E-state index contributed by atoms with van der Waals surface area (Å²) in [6, 6.07) is 9.59. The van der Waals surface area contributed by atoms with Crippen molar-refractivity contribution in [3.05, 3.63) is 41.5 Å². The Kier molecular flexibility index (Phi) is 12.1. The number of amides is 2. The van der Waals surface area contributed by atoms with Gasteiger partial charge in [-0.05, 0) is 24.6 Å². The van der Waals surface area contributed by atoms with Crippen LogP contribution in [0.15, 0.2) is 30.3 Å². The van der Waals surface area contributed by atoms with Crippen molar-refractivity contribution in [3.8, 4) is 0 Å². The highest BCUT2D eigenvalue weighted by Gasteiger charge is 2.32. The molecule has 1 aliphatic heterocycles. The molecule has 0 atom stereocenters. The van der Waals surface area contributed by atoms with Gasteiger partial charge in [0, 0.05) is 46.0 Å². The van der Waals surface area contributed by atoms with Crippen molar-refractivity contribution in [1.29, 1.82) is 0 Å². The molecule has 0 spiro atoms. The minimum atomic E-state index is -0.152. The average Bonchev–Trinajstić information content (AvgIpc) is 2.88. The van der Waals surface area contributed by atoms with Crippen molar-refractivity contribution in [2.45, 2.75) is 96.8 Å². The van der Waals surface area contributed by atoms with Gasteiger partial charge in [-0.2, -0.15) is 0 Å². The van der Waals surface area contributed by atoms with E-state index in [0.717, 1.165) is 41.2 Å². The highest BCUT2D eigenvalue weighted by molar-refractivity contribution is 9.09. The van der Waals surface area contributed by atoms with Gasteiger partial charge in [-0.25, -0.2) is 0 Å². The summed E-state index contributed by atoms with van der Waals surface area (Å²) in [7, 11) is 0. The predicted octanol–water partition coefficient (Wildman–Crippen LogP) is 8.72. The van der Waals surface area contributed by atoms with Crippen LogP contribution in [0.2, 0.25) is 0 Å². The molecule has 1 heterocycles. The number of nitrogens with one attached hydrogen (secondary N) is 1. The van der Waals surface area contributed by atoms with Crippen LogP contribution in [0.4, 0.5) is 5.69 Å². The monoisotopic (exact) mass is 542 g/mol. The molecule has 0 fully saturated rings. The number of anilines is 1. The van der Waals surface area contributed by atoms with E-state index in [0.29, 0.717) is 17.7 Å². The number of imide groups is 1. The standard InChI is InChI=1S/C30H43BrN2O2/c1-2-3-4-5-6-7-8-9-10-11-12-13-14-15-23-33-29(34)25-18-16-17-24-27(32-22-21-31)20-19-26(28(24)25)30(33)35/h16-20,32H,2-15,21-23H2,1H3. The molecule has 0 radical (unpaired) electrons. The summed E-state index contributed by atoms with van der Waals surface area (Å²) in [6.07, 6.45) is 18.1. The molecule has 5 heteroatoms. The largest absolute Gasteiger partial charge is 0.384 e. The molecule has 0 bridgehead atoms. The second kappa shape index (κ2) is 15.3. The minimum absolute atomic E-state index is 0.152. The quantitative estimate of drug-likeness (QED) is 0.116. The Balaban J connectivity index is 1.38. The second-order valence-corrected chi connectivity index (χ2v) is 10.7. The van der Waals surface area contributed by atoms with Crippen LogP contribution in [0.25, 0.3) is 10.8 Å². The number of unbranched alkanes of at least 4 members (excludes halogenated alkanes) is 13. The molecular weight excluding hydrogens is 500 g/mol. The second-order valence-electron chi connectivity index (χ2n) is 9.86. The van der Waals surface area contributed by atoms with Crippen LogP contribution in [0, 0.1) is 0 Å². The van der Waals surface area contributed by atoms with Gasteiger partial charge < -0.3 is 5.32 Å². The van der Waals surface area contributed by atoms with E-state index in [4.69, 9.17) is 0 Å². The lowest BCUT2D eigenvalue weighted by molar-refractivity contribution is 0.0607. The summed E-state index contributed by atoms with van der Waals surface area (Å²) in [5.41, 5.74) is 2.25. The number of rotatable bonds is 18. The van der Waals surface area contributed by atoms with Gasteiger partial charge >= 0.3 is 0 Å². The zero-order valence-electron chi connectivity index (χ0n) is 21.5. The third kappa shape index (κ3) is 7.80. The Morgan fingerprint density at radius 3 is 1.83 bits per heavy atom. The summed E-state index contributed by atoms with van der Waals surface area (Å²) >= 11 is 3.44. The van der Waals surface area contributed by atoms with Crippen LogP contribution in [0.1, 0.15) is 118 Å². The highest BCUT2D eigenvalue weighted by Crippen LogP contribution is 2.34. The summed E-state index contributed by atoms with van der Waals surface area (Å²) in [6.45, 7) is 3.56. The molecule has 35 heavy (non-hydrogen) atoms. The van der Waals surface area contributed by atoms with E-state index < -0.39 is 0 Å². The summed E-state index contributed by atoms with van der Waals surface area (Å²) in [4.78, 5) is 27.8. The third-order valence-corrected chi connectivity index (χ3v) is 7.53. The van der Waals surface area contributed by atoms with E-state index in [9.17, 15) is 9.59 Å². The normalized spacial score (nSPS) is 13.1. The number of carbonyl (C=O) groups is 2. The molecule has 192 valence electrons. The fourth-order valence-electron chi connectivity index (χ4n) is 5.15. The van der Waals surface area contributed by atoms with Gasteiger partial charge in [0.05, 0.1) is 0 Å². The molecule has 1 N–H and O–H groups in total. The van der Waals surface area contributed by atoms with Gasteiger partial charge in [-0.1, -0.05) is 118 Å². The predicted molar refractivity (Wildman–Crippen MR) is 152 cm³/mol. The zero-order chi connectivity index (χ0) is 24.9. The molecule has 2 amide bonds. The van der Waals surface area contributed by atoms with Crippen LogP contribution >= 0.6 is 15.9 Å². The van der Waals surface area contributed by atoms with E-state index in [1.165, 1.54) is 81.9 Å². The number of halogens is 1. The topological polar surface area (TPSA) is 49.4 Å². The molecule has 0 aromatic heterocycles. The first kappa shape index (κ1) is 27.7. The van der Waals surface area contributed by atoms with Crippen LogP contribution in [-0.2, 0) is 0 Å². The van der Waals surface area contributed by atoms with Gasteiger partial charge in [0.1, 0.15) is 0 Å². The van der Waals surface area contributed by atoms with E-state index in [2.05, 4.69) is 28.2 Å². The fraction of sp³-hybridized carbons (Fsp3) is 0.600. The van der Waals surface area contributed by atoms with Crippen molar-refractivity contribution in [1.82, 2.24) is 4.90 Å². The van der Waals surface area contributed by atoms with Gasteiger partial charge in [-0.3, -0.25) is 14.5 Å². The van der Waals surface area contributed by atoms with E-state index in [1.807, 2.05) is 30.3 Å². The Hall–Kier alpha value is -1.88.